The van der Waals surface area contributed by atoms with Crippen molar-refractivity contribution in [3.05, 3.63) is 35.9 Å². The van der Waals surface area contributed by atoms with Gasteiger partial charge in [0.1, 0.15) is 13.2 Å². The minimum atomic E-state index is -0.937. The summed E-state index contributed by atoms with van der Waals surface area (Å²) in [5.41, 5.74) is 0.446. The van der Waals surface area contributed by atoms with E-state index >= 15 is 0 Å². The molecule has 0 aromatic heterocycles. The molecule has 106 valence electrons. The first kappa shape index (κ1) is 15.8. The molecular formula is C13H13NO5S. The van der Waals surface area contributed by atoms with Crippen LogP contribution in [0.2, 0.25) is 0 Å². The Labute approximate surface area is 121 Å². The molecule has 0 spiro atoms. The first-order valence-corrected chi connectivity index (χ1v) is 6.12. The third-order valence-electron chi connectivity index (χ3n) is 2.09. The third kappa shape index (κ3) is 5.57. The van der Waals surface area contributed by atoms with Crippen LogP contribution in [-0.4, -0.2) is 36.0 Å². The lowest BCUT2D eigenvalue weighted by Gasteiger charge is -2.08. The maximum absolute atomic E-state index is 11.7. The van der Waals surface area contributed by atoms with Gasteiger partial charge in [-0.1, -0.05) is 18.2 Å². The lowest BCUT2D eigenvalue weighted by molar-refractivity contribution is -0.153. The summed E-state index contributed by atoms with van der Waals surface area (Å²) in [5.74, 6) is -2.02. The zero-order chi connectivity index (χ0) is 15.0. The van der Waals surface area contributed by atoms with Crippen molar-refractivity contribution in [1.82, 2.24) is 5.32 Å². The number of Topliss-reactive ketones (excluding diaryl/α,β-unsaturated/α-hetero) is 1. The summed E-state index contributed by atoms with van der Waals surface area (Å²) in [6.45, 7) is 0.931. The van der Waals surface area contributed by atoms with Gasteiger partial charge in [-0.05, 0) is 24.4 Å². The number of nitrogens with one attached hydrogen (secondary N) is 1. The molecule has 1 aromatic rings. The molecule has 0 unspecified atom stereocenters. The van der Waals surface area contributed by atoms with Gasteiger partial charge in [-0.2, -0.15) is 0 Å². The van der Waals surface area contributed by atoms with Crippen molar-refractivity contribution in [3.8, 4) is 0 Å². The fraction of sp³-hybridized carbons (Fsp3) is 0.231. The summed E-state index contributed by atoms with van der Waals surface area (Å²) >= 11 is 4.80. The number of ketones is 1. The van der Waals surface area contributed by atoms with Crippen LogP contribution in [0.5, 0.6) is 0 Å². The van der Waals surface area contributed by atoms with Crippen LogP contribution in [-0.2, 0) is 19.1 Å². The molecule has 0 saturated carbocycles. The van der Waals surface area contributed by atoms with Gasteiger partial charge in [-0.25, -0.2) is 4.79 Å². The van der Waals surface area contributed by atoms with E-state index in [4.69, 9.17) is 17.0 Å². The summed E-state index contributed by atoms with van der Waals surface area (Å²) in [6.07, 6.45) is 0. The highest BCUT2D eigenvalue weighted by Gasteiger charge is 2.10. The number of amides is 1. The van der Waals surface area contributed by atoms with Crippen LogP contribution in [0.15, 0.2) is 30.3 Å². The fourth-order valence-electron chi connectivity index (χ4n) is 1.16. The topological polar surface area (TPSA) is 81.7 Å². The molecule has 0 aliphatic carbocycles. The molecule has 6 nitrogen and oxygen atoms in total. The second kappa shape index (κ2) is 8.00. The quantitative estimate of drug-likeness (QED) is 0.375. The lowest BCUT2D eigenvalue weighted by Crippen LogP contribution is -2.31. The van der Waals surface area contributed by atoms with Crippen molar-refractivity contribution in [2.75, 3.05) is 13.2 Å². The first-order chi connectivity index (χ1) is 9.50. The molecule has 1 aromatic carbocycles. The average molecular weight is 295 g/mol. The molecule has 1 rings (SSSR count). The highest BCUT2D eigenvalue weighted by Crippen LogP contribution is 1.98. The van der Waals surface area contributed by atoms with Gasteiger partial charge in [0, 0.05) is 12.5 Å². The van der Waals surface area contributed by atoms with Crippen LogP contribution in [0.3, 0.4) is 0 Å². The first-order valence-electron chi connectivity index (χ1n) is 5.71. The van der Waals surface area contributed by atoms with Crippen LogP contribution in [0.1, 0.15) is 17.3 Å². The number of thiocarbonyl (C=S) groups is 1. The fourth-order valence-corrected chi connectivity index (χ4v) is 1.34. The van der Waals surface area contributed by atoms with Gasteiger partial charge >= 0.3 is 5.97 Å². The van der Waals surface area contributed by atoms with Crippen molar-refractivity contribution in [2.24, 2.45) is 0 Å². The van der Waals surface area contributed by atoms with E-state index in [1.165, 1.54) is 0 Å². The monoisotopic (exact) mass is 295 g/mol. The van der Waals surface area contributed by atoms with E-state index in [2.05, 4.69) is 10.1 Å². The molecular weight excluding hydrogens is 282 g/mol. The number of carbonyl (C=O) groups is 3. The molecule has 0 aliphatic heterocycles. The van der Waals surface area contributed by atoms with Gasteiger partial charge < -0.3 is 9.47 Å². The van der Waals surface area contributed by atoms with Gasteiger partial charge in [0.25, 0.3) is 11.1 Å². The Hall–Kier alpha value is -2.28. The van der Waals surface area contributed by atoms with Crippen LogP contribution >= 0.6 is 12.2 Å². The standard InChI is InChI=1S/C13H13NO5S/c1-9(15)12(17)18-7-8-19-13(20)14-11(16)10-5-3-2-4-6-10/h2-6H,7-8H2,1H3,(H,14,16,20). The Morgan fingerprint density at radius 1 is 1.10 bits per heavy atom. The van der Waals surface area contributed by atoms with E-state index in [0.29, 0.717) is 5.56 Å². The van der Waals surface area contributed by atoms with E-state index in [9.17, 15) is 14.4 Å². The van der Waals surface area contributed by atoms with E-state index < -0.39 is 17.7 Å². The molecule has 1 amide bonds. The van der Waals surface area contributed by atoms with Gasteiger partial charge in [-0.15, -0.1) is 0 Å². The number of benzene rings is 1. The van der Waals surface area contributed by atoms with Crippen LogP contribution < -0.4 is 5.32 Å². The Balaban J connectivity index is 2.26. The van der Waals surface area contributed by atoms with E-state index in [1.54, 1.807) is 30.3 Å². The molecule has 20 heavy (non-hydrogen) atoms. The third-order valence-corrected chi connectivity index (χ3v) is 2.31. The summed E-state index contributed by atoms with van der Waals surface area (Å²) in [5, 5.41) is 2.24. The number of carbonyl (C=O) groups excluding carboxylic acids is 3. The number of hydrogen-bond donors (Lipinski definition) is 1. The van der Waals surface area contributed by atoms with Crippen LogP contribution in [0, 0.1) is 0 Å². The number of rotatable bonds is 5. The van der Waals surface area contributed by atoms with Crippen molar-refractivity contribution in [1.29, 1.82) is 0 Å². The molecule has 0 heterocycles. The van der Waals surface area contributed by atoms with Crippen molar-refractivity contribution in [2.45, 2.75) is 6.92 Å². The Bertz CT molecular complexity index is 515. The number of hydrogen-bond acceptors (Lipinski definition) is 6. The van der Waals surface area contributed by atoms with Crippen molar-refractivity contribution < 1.29 is 23.9 Å². The highest BCUT2D eigenvalue weighted by atomic mass is 32.1. The van der Waals surface area contributed by atoms with E-state index in [0.717, 1.165) is 6.92 Å². The maximum Gasteiger partial charge on any atom is 0.374 e. The number of ether oxygens (including phenoxy) is 2. The smallest absolute Gasteiger partial charge is 0.374 e. The molecule has 0 aliphatic rings. The summed E-state index contributed by atoms with van der Waals surface area (Å²) in [6, 6.07) is 8.49. The summed E-state index contributed by atoms with van der Waals surface area (Å²) in [4.78, 5) is 33.1. The summed E-state index contributed by atoms with van der Waals surface area (Å²) < 4.78 is 9.53. The second-order valence-corrected chi connectivity index (χ2v) is 4.02. The molecule has 0 radical (unpaired) electrons. The number of esters is 1. The van der Waals surface area contributed by atoms with Gasteiger partial charge in [0.2, 0.25) is 5.78 Å². The summed E-state index contributed by atoms with van der Waals surface area (Å²) in [7, 11) is 0. The van der Waals surface area contributed by atoms with Gasteiger partial charge in [0.15, 0.2) is 0 Å². The van der Waals surface area contributed by atoms with Crippen LogP contribution in [0.4, 0.5) is 0 Å². The SMILES string of the molecule is CC(=O)C(=O)OCCOC(=S)NC(=O)c1ccccc1. The Kier molecular flexibility index (Phi) is 6.31. The lowest BCUT2D eigenvalue weighted by atomic mass is 10.2. The van der Waals surface area contributed by atoms with Crippen molar-refractivity contribution in [3.63, 3.8) is 0 Å². The molecule has 0 fully saturated rings. The average Bonchev–Trinajstić information content (AvgIpc) is 2.44. The zero-order valence-electron chi connectivity index (χ0n) is 10.8. The molecule has 0 bridgehead atoms. The highest BCUT2D eigenvalue weighted by molar-refractivity contribution is 7.80. The maximum atomic E-state index is 11.7. The second-order valence-electron chi connectivity index (χ2n) is 3.65. The zero-order valence-corrected chi connectivity index (χ0v) is 11.6. The van der Waals surface area contributed by atoms with Crippen molar-refractivity contribution >= 4 is 35.1 Å². The molecule has 0 atom stereocenters. The molecule has 0 saturated heterocycles. The minimum absolute atomic E-state index is 0.0487. The Morgan fingerprint density at radius 3 is 2.30 bits per heavy atom. The molecule has 1 N–H and O–H groups in total. The predicted octanol–water partition coefficient (Wildman–Crippen LogP) is 0.850. The van der Waals surface area contributed by atoms with E-state index in [-0.39, 0.29) is 18.4 Å². The molecule has 7 heteroatoms. The van der Waals surface area contributed by atoms with Gasteiger partial charge in [0.05, 0.1) is 0 Å². The Morgan fingerprint density at radius 2 is 1.70 bits per heavy atom. The van der Waals surface area contributed by atoms with Gasteiger partial charge in [-0.3, -0.25) is 14.9 Å². The largest absolute Gasteiger partial charge is 0.467 e. The normalized spacial score (nSPS) is 9.45. The van der Waals surface area contributed by atoms with Crippen LogP contribution in [0.25, 0.3) is 0 Å². The van der Waals surface area contributed by atoms with E-state index in [1.807, 2.05) is 0 Å². The minimum Gasteiger partial charge on any atom is -0.467 e. The predicted molar refractivity (Wildman–Crippen MR) is 74.1 cm³/mol.